The van der Waals surface area contributed by atoms with Gasteiger partial charge >= 0.3 is 5.97 Å². The monoisotopic (exact) mass is 485 g/mol. The molecular formula is C24H31F4N3O3. The van der Waals surface area contributed by atoms with Gasteiger partial charge in [-0.25, -0.2) is 13.6 Å². The fourth-order valence-electron chi connectivity index (χ4n) is 5.43. The van der Waals surface area contributed by atoms with Crippen LogP contribution in [0.15, 0.2) is 34.9 Å². The first-order valence-electron chi connectivity index (χ1n) is 11.8. The number of carbonyl (C=O) groups excluding carboxylic acids is 2. The summed E-state index contributed by atoms with van der Waals surface area (Å²) in [7, 11) is 0. The van der Waals surface area contributed by atoms with Crippen LogP contribution in [-0.4, -0.2) is 51.7 Å². The number of carbonyl (C=O) groups is 2. The number of ether oxygens (including phenoxy) is 1. The Kier molecular flexibility index (Phi) is 6.01. The minimum atomic E-state index is -3.33. The second-order valence-electron chi connectivity index (χ2n) is 9.87. The van der Waals surface area contributed by atoms with Crippen molar-refractivity contribution in [2.75, 3.05) is 6.61 Å². The highest BCUT2D eigenvalue weighted by Crippen LogP contribution is 2.56. The van der Waals surface area contributed by atoms with Crippen LogP contribution in [0.3, 0.4) is 0 Å². The molecule has 0 spiro atoms. The summed E-state index contributed by atoms with van der Waals surface area (Å²) in [5.74, 6) is -7.27. The van der Waals surface area contributed by atoms with E-state index < -0.39 is 35.3 Å². The molecule has 10 heteroatoms. The van der Waals surface area contributed by atoms with Crippen LogP contribution in [0.2, 0.25) is 0 Å². The number of amides is 1. The molecule has 2 aliphatic carbocycles. The number of hydrogen-bond donors (Lipinski definition) is 1. The van der Waals surface area contributed by atoms with E-state index in [1.54, 1.807) is 24.8 Å². The molecule has 4 aliphatic rings. The molecule has 0 aromatic heterocycles. The van der Waals surface area contributed by atoms with Crippen LogP contribution in [0, 0.1) is 5.92 Å². The number of primary amides is 1. The Morgan fingerprint density at radius 2 is 1.82 bits per heavy atom. The number of halogens is 4. The van der Waals surface area contributed by atoms with Crippen molar-refractivity contribution in [1.82, 2.24) is 9.80 Å². The van der Waals surface area contributed by atoms with Crippen molar-refractivity contribution in [3.05, 3.63) is 34.9 Å². The summed E-state index contributed by atoms with van der Waals surface area (Å²) in [6.45, 7) is 4.28. The molecule has 0 aromatic carbocycles. The largest absolute Gasteiger partial charge is 0.464 e. The average Bonchev–Trinajstić information content (AvgIpc) is 3.46. The maximum absolute atomic E-state index is 15.3. The van der Waals surface area contributed by atoms with Crippen LogP contribution >= 0.6 is 0 Å². The normalized spacial score (nSPS) is 26.1. The summed E-state index contributed by atoms with van der Waals surface area (Å²) in [6.07, 6.45) is 3.76. The van der Waals surface area contributed by atoms with Gasteiger partial charge in [-0.2, -0.15) is 8.78 Å². The Balaban J connectivity index is 1.82. The molecule has 2 saturated carbocycles. The third-order valence-corrected chi connectivity index (χ3v) is 7.20. The third-order valence-electron chi connectivity index (χ3n) is 7.20. The van der Waals surface area contributed by atoms with Gasteiger partial charge in [0.1, 0.15) is 17.1 Å². The highest BCUT2D eigenvalue weighted by molar-refractivity contribution is 5.95. The van der Waals surface area contributed by atoms with Crippen molar-refractivity contribution in [1.29, 1.82) is 0 Å². The summed E-state index contributed by atoms with van der Waals surface area (Å²) in [4.78, 5) is 28.0. The predicted octanol–water partition coefficient (Wildman–Crippen LogP) is 4.44. The minimum absolute atomic E-state index is 0.102. The molecule has 0 saturated heterocycles. The molecule has 0 bridgehead atoms. The van der Waals surface area contributed by atoms with Crippen molar-refractivity contribution in [2.45, 2.75) is 89.1 Å². The Morgan fingerprint density at radius 3 is 2.32 bits per heavy atom. The molecule has 2 N–H and O–H groups in total. The topological polar surface area (TPSA) is 75.9 Å². The Morgan fingerprint density at radius 1 is 1.21 bits per heavy atom. The fraction of sp³-hybridized carbons (Fsp3) is 0.667. The third kappa shape index (κ3) is 4.20. The van der Waals surface area contributed by atoms with Crippen LogP contribution < -0.4 is 5.73 Å². The number of nitrogens with zero attached hydrogens (tertiary/aromatic N) is 2. The second kappa shape index (κ2) is 8.30. The van der Waals surface area contributed by atoms with E-state index in [9.17, 15) is 18.4 Å². The first-order valence-corrected chi connectivity index (χ1v) is 11.8. The maximum Gasteiger partial charge on any atom is 0.332 e. The number of esters is 1. The summed E-state index contributed by atoms with van der Waals surface area (Å²) < 4.78 is 63.3. The number of rotatable bonds is 7. The lowest BCUT2D eigenvalue weighted by Gasteiger charge is -2.38. The summed E-state index contributed by atoms with van der Waals surface area (Å²) in [5.41, 5.74) is 4.35. The zero-order valence-corrected chi connectivity index (χ0v) is 19.7. The lowest BCUT2D eigenvalue weighted by molar-refractivity contribution is -0.150. The molecule has 1 unspecified atom stereocenters. The van der Waals surface area contributed by atoms with Gasteiger partial charge in [0.25, 0.3) is 5.92 Å². The van der Waals surface area contributed by atoms with E-state index in [-0.39, 0.29) is 61.7 Å². The number of fused-ring (bicyclic) bond motifs is 1. The van der Waals surface area contributed by atoms with E-state index in [4.69, 9.17) is 10.5 Å². The van der Waals surface area contributed by atoms with Crippen LogP contribution in [0.1, 0.15) is 65.7 Å². The van der Waals surface area contributed by atoms with Gasteiger partial charge in [-0.15, -0.1) is 0 Å². The van der Waals surface area contributed by atoms with Crippen molar-refractivity contribution >= 4 is 11.9 Å². The first kappa shape index (κ1) is 24.6. The number of nitrogens with two attached hydrogens (primary N) is 1. The second-order valence-corrected chi connectivity index (χ2v) is 9.87. The van der Waals surface area contributed by atoms with Gasteiger partial charge in [-0.3, -0.25) is 4.79 Å². The predicted molar refractivity (Wildman–Crippen MR) is 116 cm³/mol. The molecular weight excluding hydrogens is 454 g/mol. The van der Waals surface area contributed by atoms with Gasteiger partial charge in [0.15, 0.2) is 0 Å². The molecule has 0 aromatic rings. The zero-order chi connectivity index (χ0) is 25.1. The average molecular weight is 486 g/mol. The SMILES string of the molecule is CCOC(=O)C1(N2C3=CC(C(N)=O)=CC(C)N3C(CC3CCC(F)(F)CC3)=C2C(C)(F)F)CC1. The van der Waals surface area contributed by atoms with Gasteiger partial charge in [-0.1, -0.05) is 0 Å². The minimum Gasteiger partial charge on any atom is -0.464 e. The van der Waals surface area contributed by atoms with E-state index in [0.29, 0.717) is 18.5 Å². The van der Waals surface area contributed by atoms with Crippen LogP contribution in [0.25, 0.3) is 0 Å². The summed E-state index contributed by atoms with van der Waals surface area (Å²) in [5, 5.41) is 0. The van der Waals surface area contributed by atoms with Gasteiger partial charge < -0.3 is 20.3 Å². The van der Waals surface area contributed by atoms with E-state index >= 15 is 8.78 Å². The lowest BCUT2D eigenvalue weighted by Crippen LogP contribution is -2.47. The zero-order valence-electron chi connectivity index (χ0n) is 19.7. The van der Waals surface area contributed by atoms with Crippen LogP contribution in [0.4, 0.5) is 17.6 Å². The van der Waals surface area contributed by atoms with Crippen molar-refractivity contribution in [3.63, 3.8) is 0 Å². The molecule has 4 rings (SSSR count). The van der Waals surface area contributed by atoms with Crippen molar-refractivity contribution in [3.8, 4) is 0 Å². The van der Waals surface area contributed by atoms with Crippen molar-refractivity contribution in [2.24, 2.45) is 11.7 Å². The molecule has 188 valence electrons. The lowest BCUT2D eigenvalue weighted by atomic mass is 9.83. The van der Waals surface area contributed by atoms with E-state index in [0.717, 1.165) is 6.92 Å². The van der Waals surface area contributed by atoms with Crippen LogP contribution in [0.5, 0.6) is 0 Å². The molecule has 2 heterocycles. The molecule has 0 radical (unpaired) electrons. The van der Waals surface area contributed by atoms with E-state index in [1.165, 1.54) is 11.0 Å². The molecule has 6 nitrogen and oxygen atoms in total. The Bertz CT molecular complexity index is 968. The smallest absolute Gasteiger partial charge is 0.332 e. The summed E-state index contributed by atoms with van der Waals surface area (Å²) >= 11 is 0. The molecule has 2 fully saturated rings. The fourth-order valence-corrected chi connectivity index (χ4v) is 5.43. The Hall–Kier alpha value is -2.52. The number of alkyl halides is 4. The van der Waals surface area contributed by atoms with Gasteiger partial charge in [-0.05, 0) is 64.0 Å². The summed E-state index contributed by atoms with van der Waals surface area (Å²) in [6, 6.07) is -0.497. The maximum atomic E-state index is 15.3. The van der Waals surface area contributed by atoms with Crippen LogP contribution in [-0.2, 0) is 14.3 Å². The highest BCUT2D eigenvalue weighted by atomic mass is 19.3. The van der Waals surface area contributed by atoms with Crippen molar-refractivity contribution < 1.29 is 31.9 Å². The highest BCUT2D eigenvalue weighted by Gasteiger charge is 2.64. The van der Waals surface area contributed by atoms with Gasteiger partial charge in [0, 0.05) is 31.0 Å². The quantitative estimate of drug-likeness (QED) is 0.426. The van der Waals surface area contributed by atoms with E-state index in [1.807, 2.05) is 0 Å². The molecule has 2 aliphatic heterocycles. The van der Waals surface area contributed by atoms with Gasteiger partial charge in [0.2, 0.25) is 11.8 Å². The molecule has 34 heavy (non-hydrogen) atoms. The first-order chi connectivity index (χ1) is 15.8. The van der Waals surface area contributed by atoms with Gasteiger partial charge in [0.05, 0.1) is 12.6 Å². The standard InChI is InChI=1S/C24H31F4N3O3/c1-4-34-21(33)23(9-10-23)31-18-13-16(20(29)32)11-14(2)30(18)17(19(31)22(3,25)26)12-15-5-7-24(27,28)8-6-15/h11,13-15H,4-10,12H2,1-3H3,(H2,29,32). The Labute approximate surface area is 196 Å². The molecule has 1 amide bonds. The number of allylic oxidation sites excluding steroid dienone is 2. The number of hydrogen-bond acceptors (Lipinski definition) is 5. The molecule has 1 atom stereocenters. The van der Waals surface area contributed by atoms with E-state index in [2.05, 4.69) is 0 Å².